The highest BCUT2D eigenvalue weighted by atomic mass is 32.2. The summed E-state index contributed by atoms with van der Waals surface area (Å²) in [5.74, 6) is 0.568. The summed E-state index contributed by atoms with van der Waals surface area (Å²) in [7, 11) is -3.68. The summed E-state index contributed by atoms with van der Waals surface area (Å²) in [5.41, 5.74) is 1.11. The van der Waals surface area contributed by atoms with Gasteiger partial charge >= 0.3 is 0 Å². The Morgan fingerprint density at radius 2 is 2.00 bits per heavy atom. The fourth-order valence-electron chi connectivity index (χ4n) is 2.80. The molecule has 0 spiro atoms. The highest BCUT2D eigenvalue weighted by Crippen LogP contribution is 2.35. The van der Waals surface area contributed by atoms with E-state index in [0.29, 0.717) is 19.6 Å². The zero-order chi connectivity index (χ0) is 16.3. The maximum atomic E-state index is 13.2. The molecule has 1 heterocycles. The van der Waals surface area contributed by atoms with Crippen LogP contribution in [0.4, 0.5) is 4.39 Å². The molecule has 1 unspecified atom stereocenters. The third-order valence-electron chi connectivity index (χ3n) is 3.97. The number of para-hydroxylation sites is 1. The minimum Gasteiger partial charge on any atom is -0.493 e. The number of benzene rings is 2. The van der Waals surface area contributed by atoms with Crippen LogP contribution in [0, 0.1) is 5.82 Å². The van der Waals surface area contributed by atoms with E-state index in [-0.39, 0.29) is 10.8 Å². The van der Waals surface area contributed by atoms with Crippen LogP contribution in [0.15, 0.2) is 53.4 Å². The lowest BCUT2D eigenvalue weighted by Crippen LogP contribution is -2.27. The summed E-state index contributed by atoms with van der Waals surface area (Å²) < 4.78 is 45.7. The van der Waals surface area contributed by atoms with E-state index in [9.17, 15) is 12.8 Å². The number of hydrogen-bond donors (Lipinski definition) is 1. The predicted molar refractivity (Wildman–Crippen MR) is 85.5 cm³/mol. The van der Waals surface area contributed by atoms with Crippen LogP contribution in [0.3, 0.4) is 0 Å². The molecule has 0 fully saturated rings. The molecule has 0 saturated heterocycles. The molecule has 122 valence electrons. The summed E-state index contributed by atoms with van der Waals surface area (Å²) in [6.45, 7) is 0.941. The van der Waals surface area contributed by atoms with Crippen molar-refractivity contribution in [3.63, 3.8) is 0 Å². The third kappa shape index (κ3) is 3.71. The van der Waals surface area contributed by atoms with Crippen LogP contribution < -0.4 is 9.46 Å². The van der Waals surface area contributed by atoms with Crippen molar-refractivity contribution in [1.82, 2.24) is 4.72 Å². The Morgan fingerprint density at radius 3 is 2.83 bits per heavy atom. The molecule has 1 aliphatic heterocycles. The van der Waals surface area contributed by atoms with Crippen molar-refractivity contribution in [3.8, 4) is 5.75 Å². The Morgan fingerprint density at radius 1 is 1.17 bits per heavy atom. The molecule has 2 aromatic carbocycles. The highest BCUT2D eigenvalue weighted by Gasteiger charge is 2.22. The number of nitrogens with one attached hydrogen (secondary N) is 1. The molecular formula is C17H18FNO3S. The molecule has 0 aliphatic carbocycles. The average Bonchev–Trinajstić information content (AvgIpc) is 2.55. The van der Waals surface area contributed by atoms with E-state index < -0.39 is 15.8 Å². The van der Waals surface area contributed by atoms with Crippen molar-refractivity contribution >= 4 is 10.0 Å². The fraction of sp³-hybridized carbons (Fsp3) is 0.294. The van der Waals surface area contributed by atoms with Gasteiger partial charge in [-0.2, -0.15) is 0 Å². The molecule has 0 bridgehead atoms. The molecule has 2 aromatic rings. The van der Waals surface area contributed by atoms with E-state index >= 15 is 0 Å². The van der Waals surface area contributed by atoms with Crippen LogP contribution in [0.1, 0.15) is 24.3 Å². The Labute approximate surface area is 135 Å². The van der Waals surface area contributed by atoms with Crippen molar-refractivity contribution in [3.05, 3.63) is 59.9 Å². The van der Waals surface area contributed by atoms with Crippen molar-refractivity contribution in [1.29, 1.82) is 0 Å². The van der Waals surface area contributed by atoms with Gasteiger partial charge in [0.2, 0.25) is 10.0 Å². The Bertz CT molecular complexity index is 792. The van der Waals surface area contributed by atoms with E-state index in [1.165, 1.54) is 18.2 Å². The normalized spacial score (nSPS) is 17.3. The second-order valence-corrected chi connectivity index (χ2v) is 7.28. The number of sulfonamides is 1. The quantitative estimate of drug-likeness (QED) is 0.914. The van der Waals surface area contributed by atoms with E-state index in [4.69, 9.17) is 4.74 Å². The monoisotopic (exact) mass is 335 g/mol. The minimum absolute atomic E-state index is 0.0510. The van der Waals surface area contributed by atoms with Gasteiger partial charge in [0, 0.05) is 6.54 Å². The second kappa shape index (κ2) is 6.68. The van der Waals surface area contributed by atoms with Gasteiger partial charge in [0.1, 0.15) is 11.6 Å². The summed E-state index contributed by atoms with van der Waals surface area (Å²) in [5, 5.41) is 0. The standard InChI is InChI=1S/C17H18FNO3S/c18-14-4-3-5-15(12-14)23(20,21)19-10-8-13-9-11-22-17-7-2-1-6-16(13)17/h1-7,12-13,19H,8-11H2. The highest BCUT2D eigenvalue weighted by molar-refractivity contribution is 7.89. The number of hydrogen-bond acceptors (Lipinski definition) is 3. The van der Waals surface area contributed by atoms with Crippen LogP contribution in [-0.4, -0.2) is 21.6 Å². The molecule has 0 amide bonds. The third-order valence-corrected chi connectivity index (χ3v) is 5.43. The Hall–Kier alpha value is -1.92. The lowest BCUT2D eigenvalue weighted by atomic mass is 9.90. The molecule has 23 heavy (non-hydrogen) atoms. The molecular weight excluding hydrogens is 317 g/mol. The van der Waals surface area contributed by atoms with Crippen molar-refractivity contribution in [2.24, 2.45) is 0 Å². The number of rotatable bonds is 5. The van der Waals surface area contributed by atoms with Crippen LogP contribution in [-0.2, 0) is 10.0 Å². The van der Waals surface area contributed by atoms with Crippen molar-refractivity contribution < 1.29 is 17.5 Å². The predicted octanol–water partition coefficient (Wildman–Crippen LogP) is 3.06. The van der Waals surface area contributed by atoms with Crippen LogP contribution in [0.25, 0.3) is 0 Å². The van der Waals surface area contributed by atoms with Crippen molar-refractivity contribution in [2.75, 3.05) is 13.2 Å². The largest absolute Gasteiger partial charge is 0.493 e. The molecule has 0 radical (unpaired) electrons. The minimum atomic E-state index is -3.68. The molecule has 3 rings (SSSR count). The van der Waals surface area contributed by atoms with Crippen LogP contribution in [0.2, 0.25) is 0 Å². The molecule has 4 nitrogen and oxygen atoms in total. The van der Waals surface area contributed by atoms with E-state index in [1.807, 2.05) is 24.3 Å². The summed E-state index contributed by atoms with van der Waals surface area (Å²) in [6.07, 6.45) is 1.54. The lowest BCUT2D eigenvalue weighted by Gasteiger charge is -2.25. The first-order valence-electron chi connectivity index (χ1n) is 7.53. The number of fused-ring (bicyclic) bond motifs is 1. The molecule has 0 saturated carbocycles. The van der Waals surface area contributed by atoms with Gasteiger partial charge in [-0.3, -0.25) is 0 Å². The van der Waals surface area contributed by atoms with Gasteiger partial charge in [-0.15, -0.1) is 0 Å². The summed E-state index contributed by atoms with van der Waals surface area (Å²) in [6, 6.07) is 12.8. The average molecular weight is 335 g/mol. The lowest BCUT2D eigenvalue weighted by molar-refractivity contribution is 0.263. The summed E-state index contributed by atoms with van der Waals surface area (Å²) >= 11 is 0. The zero-order valence-corrected chi connectivity index (χ0v) is 13.4. The van der Waals surface area contributed by atoms with Gasteiger partial charge in [-0.25, -0.2) is 17.5 Å². The fourth-order valence-corrected chi connectivity index (χ4v) is 3.88. The first kappa shape index (κ1) is 16.0. The van der Waals surface area contributed by atoms with E-state index in [0.717, 1.165) is 23.8 Å². The Kier molecular flexibility index (Phi) is 4.63. The first-order chi connectivity index (χ1) is 11.1. The Balaban J connectivity index is 1.64. The van der Waals surface area contributed by atoms with Crippen molar-refractivity contribution in [2.45, 2.75) is 23.7 Å². The van der Waals surface area contributed by atoms with Gasteiger partial charge in [-0.1, -0.05) is 24.3 Å². The molecule has 6 heteroatoms. The second-order valence-electron chi connectivity index (χ2n) is 5.52. The van der Waals surface area contributed by atoms with E-state index in [1.54, 1.807) is 0 Å². The topological polar surface area (TPSA) is 55.4 Å². The number of ether oxygens (including phenoxy) is 1. The van der Waals surface area contributed by atoms with Gasteiger partial charge in [0.25, 0.3) is 0 Å². The molecule has 1 atom stereocenters. The van der Waals surface area contributed by atoms with E-state index in [2.05, 4.69) is 4.72 Å². The zero-order valence-electron chi connectivity index (χ0n) is 12.5. The van der Waals surface area contributed by atoms with Gasteiger partial charge in [0.15, 0.2) is 0 Å². The van der Waals surface area contributed by atoms with Crippen LogP contribution >= 0.6 is 0 Å². The van der Waals surface area contributed by atoms with Gasteiger partial charge in [-0.05, 0) is 48.6 Å². The SMILES string of the molecule is O=S(=O)(NCCC1CCOc2ccccc21)c1cccc(F)c1. The molecule has 0 aromatic heterocycles. The maximum Gasteiger partial charge on any atom is 0.240 e. The molecule has 1 N–H and O–H groups in total. The maximum absolute atomic E-state index is 13.2. The summed E-state index contributed by atoms with van der Waals surface area (Å²) in [4.78, 5) is -0.0510. The first-order valence-corrected chi connectivity index (χ1v) is 9.01. The van der Waals surface area contributed by atoms with Gasteiger partial charge in [0.05, 0.1) is 11.5 Å². The molecule has 1 aliphatic rings. The van der Waals surface area contributed by atoms with Gasteiger partial charge < -0.3 is 4.74 Å². The van der Waals surface area contributed by atoms with Crippen LogP contribution in [0.5, 0.6) is 5.75 Å². The number of halogens is 1. The smallest absolute Gasteiger partial charge is 0.240 e.